The molecule has 164 valence electrons. The van der Waals surface area contributed by atoms with E-state index >= 15 is 0 Å². The maximum absolute atomic E-state index is 11.5. The molecule has 1 aromatic heterocycles. The van der Waals surface area contributed by atoms with Gasteiger partial charge in [0.25, 0.3) is 10.5 Å². The van der Waals surface area contributed by atoms with E-state index in [1.165, 1.54) is 32.4 Å². The smallest absolute Gasteiger partial charge is 0.270 e. The van der Waals surface area contributed by atoms with Crippen molar-refractivity contribution < 1.29 is 28.7 Å². The molecule has 0 bridgehead atoms. The number of nitro benzene ring substituents is 1. The molecule has 3 atom stereocenters. The van der Waals surface area contributed by atoms with Crippen molar-refractivity contribution in [3.05, 3.63) is 61.4 Å². The van der Waals surface area contributed by atoms with Gasteiger partial charge in [0.15, 0.2) is 17.5 Å². The van der Waals surface area contributed by atoms with Gasteiger partial charge >= 0.3 is 0 Å². The van der Waals surface area contributed by atoms with E-state index in [1.54, 1.807) is 29.7 Å². The Labute approximate surface area is 190 Å². The Morgan fingerprint density at radius 2 is 2.00 bits per heavy atom. The summed E-state index contributed by atoms with van der Waals surface area (Å²) >= 11 is 8.91. The zero-order chi connectivity index (χ0) is 22.5. The van der Waals surface area contributed by atoms with Crippen LogP contribution in [0.5, 0.6) is 5.75 Å². The number of aliphatic hydroxyl groups excluding tert-OH is 1. The van der Waals surface area contributed by atoms with Crippen molar-refractivity contribution >= 4 is 44.9 Å². The first-order chi connectivity index (χ1) is 14.7. The normalized spacial score (nSPS) is 23.0. The van der Waals surface area contributed by atoms with E-state index in [-0.39, 0.29) is 10.5 Å². The summed E-state index contributed by atoms with van der Waals surface area (Å²) in [5.74, 6) is 0.341. The molecule has 11 heteroatoms. The fourth-order valence-corrected chi connectivity index (χ4v) is 4.71. The van der Waals surface area contributed by atoms with E-state index in [4.69, 9.17) is 30.8 Å². The average molecular weight is 511 g/mol. The minimum atomic E-state index is -1.36. The Hall–Kier alpha value is -2.31. The minimum Gasteiger partial charge on any atom is -0.479 e. The molecule has 1 aliphatic rings. The van der Waals surface area contributed by atoms with Crippen LogP contribution in [-0.4, -0.2) is 46.8 Å². The number of aromatic nitrogens is 1. The van der Waals surface area contributed by atoms with Crippen molar-refractivity contribution in [3.8, 4) is 5.75 Å². The maximum Gasteiger partial charge on any atom is 0.270 e. The molecule has 31 heavy (non-hydrogen) atoms. The predicted molar refractivity (Wildman–Crippen MR) is 117 cm³/mol. The number of hydrogen-bond donors (Lipinski definition) is 1. The highest BCUT2D eigenvalue weighted by Gasteiger charge is 2.53. The summed E-state index contributed by atoms with van der Waals surface area (Å²) in [5, 5.41) is 23.0. The molecule has 9 nitrogen and oxygen atoms in total. The number of rotatable bonds is 5. The van der Waals surface area contributed by atoms with Crippen LogP contribution in [0.25, 0.3) is 11.1 Å². The predicted octanol–water partition coefficient (Wildman–Crippen LogP) is 4.35. The van der Waals surface area contributed by atoms with Crippen molar-refractivity contribution in [2.24, 2.45) is 0 Å². The third kappa shape index (κ3) is 3.46. The van der Waals surface area contributed by atoms with Crippen molar-refractivity contribution in [2.75, 3.05) is 14.2 Å². The first-order valence-corrected chi connectivity index (χ1v) is 10.4. The maximum atomic E-state index is 11.5. The number of aliphatic hydroxyl groups is 1. The quantitative estimate of drug-likeness (QED) is 0.233. The van der Waals surface area contributed by atoms with Crippen molar-refractivity contribution in [2.45, 2.75) is 31.0 Å². The number of halogens is 1. The van der Waals surface area contributed by atoms with E-state index in [2.05, 4.69) is 15.9 Å². The average Bonchev–Trinajstić information content (AvgIpc) is 3.04. The van der Waals surface area contributed by atoms with E-state index < -0.39 is 29.0 Å². The van der Waals surface area contributed by atoms with Gasteiger partial charge in [-0.2, -0.15) is 0 Å². The molecule has 4 rings (SSSR count). The first kappa shape index (κ1) is 21.9. The van der Waals surface area contributed by atoms with Gasteiger partial charge < -0.3 is 23.7 Å². The molecule has 0 fully saturated rings. The molecular weight excluding hydrogens is 492 g/mol. The van der Waals surface area contributed by atoms with Gasteiger partial charge in [0.2, 0.25) is 0 Å². The molecule has 0 saturated carbocycles. The highest BCUT2D eigenvalue weighted by Crippen LogP contribution is 2.46. The Kier molecular flexibility index (Phi) is 5.64. The molecule has 2 aromatic carbocycles. The second-order valence-electron chi connectivity index (χ2n) is 7.31. The van der Waals surface area contributed by atoms with Gasteiger partial charge in [0, 0.05) is 36.4 Å². The van der Waals surface area contributed by atoms with Gasteiger partial charge in [-0.05, 0) is 43.4 Å². The van der Waals surface area contributed by atoms with Gasteiger partial charge in [-0.25, -0.2) is 0 Å². The van der Waals surface area contributed by atoms with Gasteiger partial charge in [-0.3, -0.25) is 14.7 Å². The van der Waals surface area contributed by atoms with E-state index in [0.29, 0.717) is 22.4 Å². The molecule has 0 radical (unpaired) electrons. The topological polar surface area (TPSA) is 109 Å². The van der Waals surface area contributed by atoms with Crippen LogP contribution in [0.2, 0.25) is 0 Å². The second-order valence-corrected chi connectivity index (χ2v) is 8.57. The lowest BCUT2D eigenvalue weighted by Gasteiger charge is -2.46. The summed E-state index contributed by atoms with van der Waals surface area (Å²) < 4.78 is 25.1. The van der Waals surface area contributed by atoms with Crippen LogP contribution in [0.1, 0.15) is 18.5 Å². The molecule has 2 heterocycles. The first-order valence-electron chi connectivity index (χ1n) is 9.23. The standard InChI is InChI=1S/C20H19BrN2O7S/c1-20(18(27-2)28-3)17(24)16(12-9-11(23(25)26)5-7-14(12)30-20)22-13-8-10(21)4-6-15(13)29-19(22)31/h4-9,16-18,24H,1-3H3/t16-,17-,20-/m1/s1. The van der Waals surface area contributed by atoms with Gasteiger partial charge in [0.1, 0.15) is 11.9 Å². The van der Waals surface area contributed by atoms with Gasteiger partial charge in [0.05, 0.1) is 16.5 Å². The lowest BCUT2D eigenvalue weighted by Crippen LogP contribution is -2.60. The number of non-ortho nitro benzene ring substituents is 1. The van der Waals surface area contributed by atoms with Crippen LogP contribution in [0.15, 0.2) is 45.3 Å². The van der Waals surface area contributed by atoms with Crippen LogP contribution in [0.3, 0.4) is 0 Å². The van der Waals surface area contributed by atoms with Crippen LogP contribution >= 0.6 is 28.1 Å². The summed E-state index contributed by atoms with van der Waals surface area (Å²) in [5.41, 5.74) is 0.0107. The van der Waals surface area contributed by atoms with E-state index in [9.17, 15) is 15.2 Å². The summed E-state index contributed by atoms with van der Waals surface area (Å²) in [7, 11) is 2.87. The molecule has 1 N–H and O–H groups in total. The van der Waals surface area contributed by atoms with E-state index in [1.807, 2.05) is 0 Å². The zero-order valence-electron chi connectivity index (χ0n) is 16.8. The minimum absolute atomic E-state index is 0.102. The van der Waals surface area contributed by atoms with Crippen LogP contribution in [-0.2, 0) is 9.47 Å². The lowest BCUT2D eigenvalue weighted by atomic mass is 9.84. The number of hydrogen-bond acceptors (Lipinski definition) is 8. The number of nitrogens with zero attached hydrogens (tertiary/aromatic N) is 2. The van der Waals surface area contributed by atoms with Crippen molar-refractivity contribution in [1.29, 1.82) is 0 Å². The molecule has 3 aromatic rings. The SMILES string of the molecule is COC(OC)[C@]1(C)Oc2ccc([N+](=O)[O-])cc2[C@@H](n2c(=S)oc3ccc(Br)cc32)[C@H]1O. The van der Waals surface area contributed by atoms with Gasteiger partial charge in [-0.15, -0.1) is 0 Å². The van der Waals surface area contributed by atoms with Crippen molar-refractivity contribution in [3.63, 3.8) is 0 Å². The lowest BCUT2D eigenvalue weighted by molar-refractivity contribution is -0.385. The molecule has 0 spiro atoms. The summed E-state index contributed by atoms with van der Waals surface area (Å²) in [6.07, 6.45) is -2.20. The highest BCUT2D eigenvalue weighted by molar-refractivity contribution is 9.10. The highest BCUT2D eigenvalue weighted by atomic mass is 79.9. The number of benzene rings is 2. The Bertz CT molecular complexity index is 1220. The zero-order valence-corrected chi connectivity index (χ0v) is 19.2. The molecule has 0 unspecified atom stereocenters. The third-order valence-electron chi connectivity index (χ3n) is 5.49. The van der Waals surface area contributed by atoms with Crippen LogP contribution in [0.4, 0.5) is 5.69 Å². The van der Waals surface area contributed by atoms with E-state index in [0.717, 1.165) is 4.47 Å². The Morgan fingerprint density at radius 3 is 2.65 bits per heavy atom. The Morgan fingerprint density at radius 1 is 1.29 bits per heavy atom. The van der Waals surface area contributed by atoms with Gasteiger partial charge in [-0.1, -0.05) is 15.9 Å². The number of methoxy groups -OCH3 is 2. The molecular formula is C20H19BrN2O7S. The third-order valence-corrected chi connectivity index (χ3v) is 6.26. The monoisotopic (exact) mass is 510 g/mol. The number of fused-ring (bicyclic) bond motifs is 2. The number of oxazole rings is 1. The molecule has 1 aliphatic heterocycles. The molecule has 0 aliphatic carbocycles. The second kappa shape index (κ2) is 7.99. The fourth-order valence-electron chi connectivity index (χ4n) is 4.06. The number of ether oxygens (including phenoxy) is 3. The molecule has 0 amide bonds. The fraction of sp³-hybridized carbons (Fsp3) is 0.350. The Balaban J connectivity index is 2.03. The van der Waals surface area contributed by atoms with Crippen LogP contribution in [0, 0.1) is 15.0 Å². The van der Waals surface area contributed by atoms with Crippen molar-refractivity contribution in [1.82, 2.24) is 4.57 Å². The van der Waals surface area contributed by atoms with Crippen LogP contribution < -0.4 is 4.74 Å². The number of nitro groups is 1. The largest absolute Gasteiger partial charge is 0.479 e. The summed E-state index contributed by atoms with van der Waals surface area (Å²) in [6, 6.07) is 8.69. The summed E-state index contributed by atoms with van der Waals surface area (Å²) in [6.45, 7) is 1.65. The molecule has 0 saturated heterocycles. The summed E-state index contributed by atoms with van der Waals surface area (Å²) in [4.78, 5) is 11.0.